The lowest BCUT2D eigenvalue weighted by Crippen LogP contribution is -2.27. The Morgan fingerprint density at radius 1 is 1.30 bits per heavy atom. The van der Waals surface area contributed by atoms with Crippen molar-refractivity contribution >= 4 is 16.9 Å². The van der Waals surface area contributed by atoms with Crippen LogP contribution in [0.5, 0.6) is 0 Å². The van der Waals surface area contributed by atoms with Crippen molar-refractivity contribution in [3.63, 3.8) is 0 Å². The molecule has 1 aliphatic carbocycles. The number of nitrogens with zero attached hydrogens (tertiary/aromatic N) is 4. The number of benzene rings is 1. The second-order valence-corrected chi connectivity index (χ2v) is 6.27. The molecule has 7 heteroatoms. The highest BCUT2D eigenvalue weighted by Crippen LogP contribution is 2.36. The van der Waals surface area contributed by atoms with E-state index in [0.29, 0.717) is 30.7 Å². The van der Waals surface area contributed by atoms with Gasteiger partial charge in [-0.1, -0.05) is 5.16 Å². The lowest BCUT2D eigenvalue weighted by atomic mass is 10.1. The lowest BCUT2D eigenvalue weighted by molar-refractivity contribution is -0.128. The maximum atomic E-state index is 12.1. The van der Waals surface area contributed by atoms with Gasteiger partial charge < -0.3 is 14.4 Å². The number of amides is 1. The number of hydrogen-bond acceptors (Lipinski definition) is 5. The van der Waals surface area contributed by atoms with Gasteiger partial charge in [0.25, 0.3) is 0 Å². The summed E-state index contributed by atoms with van der Waals surface area (Å²) >= 11 is 0. The third-order valence-corrected chi connectivity index (χ3v) is 4.62. The number of carbonyl (C=O) groups excluding carboxylic acids is 1. The molecule has 1 saturated carbocycles. The molecule has 116 valence electrons. The van der Waals surface area contributed by atoms with Crippen molar-refractivity contribution in [1.82, 2.24) is 25.0 Å². The molecule has 1 atom stereocenters. The molecule has 1 aliphatic heterocycles. The number of imidazole rings is 1. The molecule has 3 heterocycles. The third kappa shape index (κ3) is 2.11. The molecule has 7 nitrogen and oxygen atoms in total. The van der Waals surface area contributed by atoms with E-state index in [2.05, 4.69) is 20.1 Å². The van der Waals surface area contributed by atoms with E-state index in [1.165, 1.54) is 0 Å². The second-order valence-electron chi connectivity index (χ2n) is 6.27. The van der Waals surface area contributed by atoms with Crippen molar-refractivity contribution in [3.8, 4) is 11.4 Å². The fraction of sp³-hybridized carbons (Fsp3) is 0.375. The Kier molecular flexibility index (Phi) is 2.59. The van der Waals surface area contributed by atoms with Gasteiger partial charge in [-0.3, -0.25) is 4.79 Å². The predicted octanol–water partition coefficient (Wildman–Crippen LogP) is 2.09. The summed E-state index contributed by atoms with van der Waals surface area (Å²) in [6.07, 6.45) is 4.37. The standard InChI is InChI=1S/C16H15N5O2/c22-14-6-10(7-21(14)11-2-3-11)16-19-15(20-23-16)9-1-4-12-13(5-9)18-8-17-12/h1,4-5,8,10-11H,2-3,6-7H2,(H,17,18). The lowest BCUT2D eigenvalue weighted by Gasteiger charge is -2.13. The van der Waals surface area contributed by atoms with Crippen LogP contribution in [0, 0.1) is 0 Å². The molecule has 1 N–H and O–H groups in total. The number of aromatic nitrogens is 4. The van der Waals surface area contributed by atoms with Crippen molar-refractivity contribution in [2.75, 3.05) is 6.54 Å². The molecule has 5 rings (SSSR count). The van der Waals surface area contributed by atoms with Gasteiger partial charge in [0.05, 0.1) is 23.3 Å². The van der Waals surface area contributed by atoms with Crippen molar-refractivity contribution in [2.45, 2.75) is 31.2 Å². The quantitative estimate of drug-likeness (QED) is 0.800. The number of rotatable bonds is 3. The summed E-state index contributed by atoms with van der Waals surface area (Å²) in [5, 5.41) is 4.08. The van der Waals surface area contributed by atoms with Gasteiger partial charge >= 0.3 is 0 Å². The Hall–Kier alpha value is -2.70. The number of carbonyl (C=O) groups is 1. The molecule has 1 unspecified atom stereocenters. The van der Waals surface area contributed by atoms with Crippen LogP contribution in [-0.2, 0) is 4.79 Å². The van der Waals surface area contributed by atoms with E-state index in [-0.39, 0.29) is 11.8 Å². The molecule has 2 fully saturated rings. The molecular formula is C16H15N5O2. The summed E-state index contributed by atoms with van der Waals surface area (Å²) in [7, 11) is 0. The normalized spacial score (nSPS) is 21.5. The maximum absolute atomic E-state index is 12.1. The largest absolute Gasteiger partial charge is 0.345 e. The molecule has 1 saturated heterocycles. The smallest absolute Gasteiger partial charge is 0.232 e. The van der Waals surface area contributed by atoms with E-state index >= 15 is 0 Å². The zero-order valence-corrected chi connectivity index (χ0v) is 12.4. The number of likely N-dealkylation sites (tertiary alicyclic amines) is 1. The first-order valence-corrected chi connectivity index (χ1v) is 7.84. The first-order valence-electron chi connectivity index (χ1n) is 7.84. The summed E-state index contributed by atoms with van der Waals surface area (Å²) in [6, 6.07) is 6.24. The average molecular weight is 309 g/mol. The predicted molar refractivity (Wildman–Crippen MR) is 81.5 cm³/mol. The average Bonchev–Trinajstić information content (AvgIpc) is 3.00. The highest BCUT2D eigenvalue weighted by atomic mass is 16.5. The van der Waals surface area contributed by atoms with E-state index in [1.54, 1.807) is 6.33 Å². The summed E-state index contributed by atoms with van der Waals surface area (Å²) < 4.78 is 5.43. The minimum atomic E-state index is 0.0141. The van der Waals surface area contributed by atoms with Crippen LogP contribution in [0.4, 0.5) is 0 Å². The zero-order chi connectivity index (χ0) is 15.4. The molecule has 0 radical (unpaired) electrons. The number of hydrogen-bond donors (Lipinski definition) is 1. The maximum Gasteiger partial charge on any atom is 0.232 e. The van der Waals surface area contributed by atoms with Gasteiger partial charge in [-0.15, -0.1) is 0 Å². The first kappa shape index (κ1) is 12.8. The van der Waals surface area contributed by atoms with Gasteiger partial charge in [0.15, 0.2) is 0 Å². The molecule has 23 heavy (non-hydrogen) atoms. The van der Waals surface area contributed by atoms with Gasteiger partial charge in [-0.05, 0) is 31.0 Å². The molecule has 3 aromatic rings. The molecule has 0 bridgehead atoms. The Labute approximate surface area is 131 Å². The minimum absolute atomic E-state index is 0.0141. The van der Waals surface area contributed by atoms with Crippen LogP contribution in [0.15, 0.2) is 29.0 Å². The molecule has 1 amide bonds. The van der Waals surface area contributed by atoms with Gasteiger partial charge in [0.1, 0.15) is 0 Å². The highest BCUT2D eigenvalue weighted by Gasteiger charge is 2.41. The topological polar surface area (TPSA) is 87.9 Å². The summed E-state index contributed by atoms with van der Waals surface area (Å²) in [6.45, 7) is 0.699. The van der Waals surface area contributed by atoms with E-state index < -0.39 is 0 Å². The van der Waals surface area contributed by atoms with Crippen LogP contribution < -0.4 is 0 Å². The Morgan fingerprint density at radius 2 is 2.22 bits per heavy atom. The molecular weight excluding hydrogens is 294 g/mol. The Bertz CT molecular complexity index is 895. The van der Waals surface area contributed by atoms with Crippen LogP contribution in [0.1, 0.15) is 31.1 Å². The van der Waals surface area contributed by atoms with Gasteiger partial charge in [0.2, 0.25) is 17.6 Å². The van der Waals surface area contributed by atoms with Gasteiger partial charge in [-0.25, -0.2) is 4.98 Å². The van der Waals surface area contributed by atoms with Crippen LogP contribution in [-0.4, -0.2) is 43.5 Å². The fourth-order valence-corrected chi connectivity index (χ4v) is 3.23. The molecule has 2 aliphatic rings. The first-order chi connectivity index (χ1) is 11.3. The Morgan fingerprint density at radius 3 is 3.09 bits per heavy atom. The number of H-pyrrole nitrogens is 1. The fourth-order valence-electron chi connectivity index (χ4n) is 3.23. The van der Waals surface area contributed by atoms with Crippen LogP contribution in [0.2, 0.25) is 0 Å². The molecule has 0 spiro atoms. The second kappa shape index (κ2) is 4.65. The minimum Gasteiger partial charge on any atom is -0.345 e. The molecule has 2 aromatic heterocycles. The SMILES string of the molecule is O=C1CC(c2nc(-c3ccc4nc[nH]c4c3)no2)CN1C1CC1. The summed E-state index contributed by atoms with van der Waals surface area (Å²) in [5.74, 6) is 1.33. The van der Waals surface area contributed by atoms with Gasteiger partial charge in [0, 0.05) is 24.6 Å². The van der Waals surface area contributed by atoms with Crippen LogP contribution in [0.3, 0.4) is 0 Å². The number of aromatic amines is 1. The van der Waals surface area contributed by atoms with Crippen LogP contribution in [0.25, 0.3) is 22.4 Å². The summed E-state index contributed by atoms with van der Waals surface area (Å²) in [5.41, 5.74) is 2.71. The van der Waals surface area contributed by atoms with E-state index in [4.69, 9.17) is 4.52 Å². The number of nitrogens with one attached hydrogen (secondary N) is 1. The van der Waals surface area contributed by atoms with Crippen molar-refractivity contribution in [1.29, 1.82) is 0 Å². The van der Waals surface area contributed by atoms with Gasteiger partial charge in [-0.2, -0.15) is 4.98 Å². The molecule has 1 aromatic carbocycles. The summed E-state index contributed by atoms with van der Waals surface area (Å²) in [4.78, 5) is 25.8. The van der Waals surface area contributed by atoms with E-state index in [1.807, 2.05) is 23.1 Å². The monoisotopic (exact) mass is 309 g/mol. The highest BCUT2D eigenvalue weighted by molar-refractivity contribution is 5.81. The van der Waals surface area contributed by atoms with Crippen LogP contribution >= 0.6 is 0 Å². The van der Waals surface area contributed by atoms with Crippen molar-refractivity contribution < 1.29 is 9.32 Å². The number of fused-ring (bicyclic) bond motifs is 1. The van der Waals surface area contributed by atoms with E-state index in [0.717, 1.165) is 29.4 Å². The zero-order valence-electron chi connectivity index (χ0n) is 12.4. The Balaban J connectivity index is 1.42. The van der Waals surface area contributed by atoms with Crippen molar-refractivity contribution in [2.24, 2.45) is 0 Å². The van der Waals surface area contributed by atoms with E-state index in [9.17, 15) is 4.79 Å². The third-order valence-electron chi connectivity index (χ3n) is 4.62. The van der Waals surface area contributed by atoms with Crippen molar-refractivity contribution in [3.05, 3.63) is 30.4 Å².